The number of nitrogens with zero attached hydrogens (tertiary/aromatic N) is 4. The first-order valence-corrected chi connectivity index (χ1v) is 15.7. The summed E-state index contributed by atoms with van der Waals surface area (Å²) < 4.78 is 20.9. The van der Waals surface area contributed by atoms with Crippen molar-refractivity contribution in [3.8, 4) is 0 Å². The van der Waals surface area contributed by atoms with Crippen LogP contribution in [0.3, 0.4) is 0 Å². The lowest BCUT2D eigenvalue weighted by Crippen LogP contribution is -2.53. The number of aromatic nitrogens is 2. The van der Waals surface area contributed by atoms with Gasteiger partial charge in [-0.05, 0) is 47.5 Å². The molecule has 0 N–H and O–H groups in total. The molecule has 0 fully saturated rings. The minimum Gasteiger partial charge on any atom is -0.450 e. The summed E-state index contributed by atoms with van der Waals surface area (Å²) in [5.74, 6) is -1.47. The van der Waals surface area contributed by atoms with E-state index in [1.807, 2.05) is 25.1 Å². The van der Waals surface area contributed by atoms with Crippen LogP contribution in [-0.4, -0.2) is 28.6 Å². The van der Waals surface area contributed by atoms with Crippen molar-refractivity contribution in [1.29, 1.82) is 0 Å². The number of para-hydroxylation sites is 1. The van der Waals surface area contributed by atoms with Gasteiger partial charge >= 0.3 is 0 Å². The first-order valence-electron chi connectivity index (χ1n) is 13.9. The SMILES string of the molecule is CCN1C(=O)C2(c3ccccc31)c1c(oc3ccc(F)cc3c1=O)C(=O)N2c1nnc(SCc2cccc3ccccc23)s1. The molecule has 11 heteroatoms. The molecule has 0 aliphatic carbocycles. The van der Waals surface area contributed by atoms with Gasteiger partial charge < -0.3 is 9.32 Å². The monoisotopic (exact) mass is 620 g/mol. The van der Waals surface area contributed by atoms with Gasteiger partial charge in [-0.15, -0.1) is 10.2 Å². The molecule has 0 radical (unpaired) electrons. The summed E-state index contributed by atoms with van der Waals surface area (Å²) in [5.41, 5.74) is -0.492. The quantitative estimate of drug-likeness (QED) is 0.160. The Hall–Kier alpha value is -4.87. The predicted octanol–water partition coefficient (Wildman–Crippen LogP) is 6.50. The van der Waals surface area contributed by atoms with Crippen molar-refractivity contribution in [1.82, 2.24) is 10.2 Å². The second kappa shape index (κ2) is 9.83. The van der Waals surface area contributed by atoms with Gasteiger partial charge in [-0.3, -0.25) is 19.3 Å². The number of halogens is 1. The van der Waals surface area contributed by atoms with Crippen LogP contribution in [0.2, 0.25) is 0 Å². The van der Waals surface area contributed by atoms with Gasteiger partial charge in [0.05, 0.1) is 16.6 Å². The average Bonchev–Trinajstić information content (AvgIpc) is 3.68. The van der Waals surface area contributed by atoms with Gasteiger partial charge in [0, 0.05) is 17.9 Å². The predicted molar refractivity (Wildman–Crippen MR) is 168 cm³/mol. The third kappa shape index (κ3) is 3.59. The van der Waals surface area contributed by atoms with Gasteiger partial charge in [0.2, 0.25) is 10.9 Å². The number of carbonyl (C=O) groups excluding carboxylic acids is 2. The Morgan fingerprint density at radius 1 is 0.932 bits per heavy atom. The zero-order chi connectivity index (χ0) is 30.2. The Kier molecular flexibility index (Phi) is 5.97. The fraction of sp³-hybridized carbons (Fsp3) is 0.121. The van der Waals surface area contributed by atoms with Gasteiger partial charge in [0.25, 0.3) is 11.8 Å². The summed E-state index contributed by atoms with van der Waals surface area (Å²) in [6.45, 7) is 2.12. The molecule has 2 amide bonds. The summed E-state index contributed by atoms with van der Waals surface area (Å²) in [6.07, 6.45) is 0. The smallest absolute Gasteiger partial charge is 0.297 e. The number of hydrogen-bond acceptors (Lipinski definition) is 8. The fourth-order valence-corrected chi connectivity index (χ4v) is 8.25. The van der Waals surface area contributed by atoms with Crippen LogP contribution < -0.4 is 15.2 Å². The number of rotatable bonds is 5. The summed E-state index contributed by atoms with van der Waals surface area (Å²) in [7, 11) is 0. The number of thioether (sulfide) groups is 1. The van der Waals surface area contributed by atoms with Crippen LogP contribution in [-0.2, 0) is 16.1 Å². The highest BCUT2D eigenvalue weighted by atomic mass is 32.2. The molecule has 4 aromatic carbocycles. The molecule has 0 saturated heterocycles. The summed E-state index contributed by atoms with van der Waals surface area (Å²) in [4.78, 5) is 45.8. The molecule has 4 heterocycles. The third-order valence-electron chi connectivity index (χ3n) is 8.22. The summed E-state index contributed by atoms with van der Waals surface area (Å²) in [6, 6.07) is 24.8. The van der Waals surface area contributed by atoms with E-state index < -0.39 is 28.6 Å². The van der Waals surface area contributed by atoms with Gasteiger partial charge in [-0.25, -0.2) is 4.39 Å². The number of hydrogen-bond donors (Lipinski definition) is 0. The van der Waals surface area contributed by atoms with Crippen molar-refractivity contribution < 1.29 is 18.4 Å². The Bertz CT molecular complexity index is 2240. The molecule has 1 unspecified atom stereocenters. The highest BCUT2D eigenvalue weighted by molar-refractivity contribution is 8.00. The Labute approximate surface area is 257 Å². The van der Waals surface area contributed by atoms with E-state index in [1.54, 1.807) is 24.3 Å². The second-order valence-corrected chi connectivity index (χ2v) is 12.6. The molecule has 8 rings (SSSR count). The Morgan fingerprint density at radius 2 is 1.73 bits per heavy atom. The largest absolute Gasteiger partial charge is 0.450 e. The van der Waals surface area contributed by atoms with E-state index in [4.69, 9.17) is 4.42 Å². The standard InChI is InChI=1S/C33H21FN4O4S2/c1-2-37-24-13-6-5-12-23(24)33(30(37)41)26-27(39)22-16-20(34)14-15-25(22)42-28(26)29(40)38(33)31-35-36-32(44-31)43-17-19-10-7-9-18-8-3-4-11-21(18)19/h3-16H,2,17H2,1H3. The topological polar surface area (TPSA) is 96.6 Å². The molecule has 0 bridgehead atoms. The molecular formula is C33H21FN4O4S2. The van der Waals surface area contributed by atoms with Crippen LogP contribution in [0.1, 0.15) is 34.2 Å². The number of benzene rings is 4. The van der Waals surface area contributed by atoms with Crippen molar-refractivity contribution in [3.63, 3.8) is 0 Å². The van der Waals surface area contributed by atoms with E-state index in [-0.39, 0.29) is 27.4 Å². The number of carbonyl (C=O) groups is 2. The van der Waals surface area contributed by atoms with Crippen LogP contribution in [0.4, 0.5) is 15.2 Å². The lowest BCUT2D eigenvalue weighted by molar-refractivity contribution is -0.121. The molecule has 2 aromatic heterocycles. The van der Waals surface area contributed by atoms with Gasteiger partial charge in [-0.2, -0.15) is 0 Å². The lowest BCUT2D eigenvalue weighted by atomic mass is 9.84. The van der Waals surface area contributed by atoms with E-state index >= 15 is 0 Å². The minimum atomic E-state index is -1.89. The molecule has 8 nitrogen and oxygen atoms in total. The van der Waals surface area contributed by atoms with E-state index in [1.165, 1.54) is 27.6 Å². The van der Waals surface area contributed by atoms with E-state index in [9.17, 15) is 18.8 Å². The van der Waals surface area contributed by atoms with E-state index in [0.717, 1.165) is 39.8 Å². The molecule has 1 atom stereocenters. The summed E-state index contributed by atoms with van der Waals surface area (Å²) in [5, 5.41) is 11.1. The van der Waals surface area contributed by atoms with Crippen molar-refractivity contribution >= 4 is 67.5 Å². The van der Waals surface area contributed by atoms with E-state index in [0.29, 0.717) is 27.9 Å². The molecule has 0 saturated carbocycles. The molecular weight excluding hydrogens is 600 g/mol. The maximum Gasteiger partial charge on any atom is 0.297 e. The molecule has 2 aliphatic rings. The van der Waals surface area contributed by atoms with Crippen molar-refractivity contribution in [2.45, 2.75) is 22.6 Å². The first-order chi connectivity index (χ1) is 21.4. The molecule has 216 valence electrons. The number of fused-ring (bicyclic) bond motifs is 6. The lowest BCUT2D eigenvalue weighted by Gasteiger charge is -2.31. The Balaban J connectivity index is 1.29. The maximum absolute atomic E-state index is 14.5. The second-order valence-electron chi connectivity index (χ2n) is 10.5. The van der Waals surface area contributed by atoms with E-state index in [2.05, 4.69) is 34.5 Å². The van der Waals surface area contributed by atoms with Gasteiger partial charge in [-0.1, -0.05) is 83.8 Å². The molecule has 6 aromatic rings. The Morgan fingerprint density at radius 3 is 2.59 bits per heavy atom. The fourth-order valence-electron chi connectivity index (χ4n) is 6.36. The first kappa shape index (κ1) is 26.7. The third-order valence-corrected chi connectivity index (χ3v) is 10.3. The van der Waals surface area contributed by atoms with Crippen LogP contribution >= 0.6 is 23.1 Å². The number of amides is 2. The number of likely N-dealkylation sites (N-methyl/N-ethyl adjacent to an activating group) is 1. The van der Waals surface area contributed by atoms with Gasteiger partial charge in [0.15, 0.2) is 15.3 Å². The highest BCUT2D eigenvalue weighted by Gasteiger charge is 2.66. The van der Waals surface area contributed by atoms with Crippen LogP contribution in [0.5, 0.6) is 0 Å². The van der Waals surface area contributed by atoms with Crippen LogP contribution in [0.25, 0.3) is 21.7 Å². The maximum atomic E-state index is 14.5. The normalized spacial score (nSPS) is 17.3. The average molecular weight is 621 g/mol. The molecule has 44 heavy (non-hydrogen) atoms. The van der Waals surface area contributed by atoms with Crippen molar-refractivity contribution in [2.24, 2.45) is 0 Å². The van der Waals surface area contributed by atoms with Crippen LogP contribution in [0.15, 0.2) is 98.5 Å². The minimum absolute atomic E-state index is 0.0511. The van der Waals surface area contributed by atoms with Crippen LogP contribution in [0, 0.1) is 5.82 Å². The molecule has 2 aliphatic heterocycles. The number of anilines is 2. The summed E-state index contributed by atoms with van der Waals surface area (Å²) >= 11 is 2.63. The zero-order valence-corrected chi connectivity index (χ0v) is 24.7. The van der Waals surface area contributed by atoms with Crippen molar-refractivity contribution in [2.75, 3.05) is 16.3 Å². The van der Waals surface area contributed by atoms with Gasteiger partial charge in [0.1, 0.15) is 11.4 Å². The van der Waals surface area contributed by atoms with Crippen molar-refractivity contribution in [3.05, 3.63) is 123 Å². The zero-order valence-electron chi connectivity index (χ0n) is 23.1. The highest BCUT2D eigenvalue weighted by Crippen LogP contribution is 2.54. The molecule has 1 spiro atoms.